The minimum absolute atomic E-state index is 0.0312. The number of aliphatic hydroxyl groups excluding tert-OH is 2. The highest BCUT2D eigenvalue weighted by Crippen LogP contribution is 2.05. The SMILES string of the molecule is CC#CC#CC#CC#CC#CC#CC#CC#CC#CC#CC(=O)OCC(O)CN(CCCCC(N)C(=O)OC)CC(O)COC(C)=O. The Labute approximate surface area is 276 Å². The molecule has 0 aromatic heterocycles. The van der Waals surface area contributed by atoms with Crippen molar-refractivity contribution in [3.05, 3.63) is 0 Å². The zero-order valence-electron chi connectivity index (χ0n) is 26.3. The number of rotatable bonds is 14. The van der Waals surface area contributed by atoms with Gasteiger partial charge < -0.3 is 30.2 Å². The Kier molecular flexibility index (Phi) is 24.9. The maximum absolute atomic E-state index is 11.9. The first-order valence-electron chi connectivity index (χ1n) is 13.8. The summed E-state index contributed by atoms with van der Waals surface area (Å²) in [6.07, 6.45) is -0.569. The van der Waals surface area contributed by atoms with E-state index in [1.807, 2.05) is 0 Å². The second-order valence-corrected chi connectivity index (χ2v) is 8.72. The van der Waals surface area contributed by atoms with Crippen molar-refractivity contribution in [2.75, 3.05) is 40.0 Å². The lowest BCUT2D eigenvalue weighted by molar-refractivity contribution is -0.144. The third-order valence-electron chi connectivity index (χ3n) is 4.92. The molecule has 10 heteroatoms. The van der Waals surface area contributed by atoms with Crippen molar-refractivity contribution in [3.63, 3.8) is 0 Å². The summed E-state index contributed by atoms with van der Waals surface area (Å²) in [6.45, 7) is 2.83. The fraction of sp³-hybridized carbons (Fsp3) is 0.378. The van der Waals surface area contributed by atoms with Gasteiger partial charge in [0.2, 0.25) is 0 Å². The molecule has 0 aromatic carbocycles. The van der Waals surface area contributed by atoms with Crippen LogP contribution in [0.1, 0.15) is 33.1 Å². The lowest BCUT2D eigenvalue weighted by Crippen LogP contribution is -2.41. The van der Waals surface area contributed by atoms with Crippen LogP contribution in [-0.2, 0) is 28.6 Å². The highest BCUT2D eigenvalue weighted by Gasteiger charge is 2.18. The van der Waals surface area contributed by atoms with Crippen LogP contribution in [0.3, 0.4) is 0 Å². The normalized spacial score (nSPS) is 9.94. The van der Waals surface area contributed by atoms with Gasteiger partial charge in [-0.25, -0.2) is 4.79 Å². The monoisotopic (exact) mass is 632 g/mol. The quantitative estimate of drug-likeness (QED) is 0.0705. The predicted molar refractivity (Wildman–Crippen MR) is 173 cm³/mol. The van der Waals surface area contributed by atoms with Crippen LogP contribution < -0.4 is 5.73 Å². The Morgan fingerprint density at radius 2 is 1.11 bits per heavy atom. The average molecular weight is 633 g/mol. The minimum atomic E-state index is -1.11. The van der Waals surface area contributed by atoms with E-state index in [1.165, 1.54) is 14.0 Å². The molecule has 0 saturated heterocycles. The summed E-state index contributed by atoms with van der Waals surface area (Å²) in [7, 11) is 1.26. The Hall–Kier alpha value is -6.15. The number of ether oxygens (including phenoxy) is 3. The zero-order valence-corrected chi connectivity index (χ0v) is 26.3. The molecule has 0 fully saturated rings. The largest absolute Gasteiger partial charge is 0.468 e. The number of hydrogen-bond acceptors (Lipinski definition) is 10. The number of methoxy groups -OCH3 is 1. The maximum Gasteiger partial charge on any atom is 0.385 e. The smallest absolute Gasteiger partial charge is 0.385 e. The molecular weight excluding hydrogens is 600 g/mol. The molecule has 10 nitrogen and oxygen atoms in total. The van der Waals surface area contributed by atoms with Gasteiger partial charge in [-0.1, -0.05) is 12.3 Å². The third-order valence-corrected chi connectivity index (χ3v) is 4.92. The second-order valence-electron chi connectivity index (χ2n) is 8.72. The maximum atomic E-state index is 11.9. The van der Waals surface area contributed by atoms with E-state index in [0.717, 1.165) is 0 Å². The summed E-state index contributed by atoms with van der Waals surface area (Å²) >= 11 is 0. The molecule has 0 spiro atoms. The molecule has 4 N–H and O–H groups in total. The van der Waals surface area contributed by atoms with Crippen LogP contribution in [0.2, 0.25) is 0 Å². The molecule has 0 rings (SSSR count). The van der Waals surface area contributed by atoms with E-state index in [1.54, 1.807) is 11.8 Å². The summed E-state index contributed by atoms with van der Waals surface area (Å²) in [5.74, 6) is 47.0. The molecule has 0 saturated carbocycles. The van der Waals surface area contributed by atoms with Gasteiger partial charge in [-0.2, -0.15) is 0 Å². The first-order valence-corrected chi connectivity index (χ1v) is 13.8. The van der Waals surface area contributed by atoms with Gasteiger partial charge in [0, 0.05) is 37.8 Å². The Morgan fingerprint density at radius 1 is 0.681 bits per heavy atom. The molecular formula is C37H32N2O8. The molecule has 3 atom stereocenters. The van der Waals surface area contributed by atoms with Gasteiger partial charge in [-0.3, -0.25) is 14.5 Å². The molecule has 0 aliphatic heterocycles. The van der Waals surface area contributed by atoms with Gasteiger partial charge in [0.1, 0.15) is 31.5 Å². The van der Waals surface area contributed by atoms with Crippen molar-refractivity contribution in [2.24, 2.45) is 5.73 Å². The van der Waals surface area contributed by atoms with Crippen molar-refractivity contribution in [3.8, 4) is 118 Å². The van der Waals surface area contributed by atoms with Crippen molar-refractivity contribution in [2.45, 2.75) is 51.4 Å². The number of nitrogens with zero attached hydrogens (tertiary/aromatic N) is 1. The number of nitrogens with two attached hydrogens (primary N) is 1. The molecule has 0 amide bonds. The lowest BCUT2D eigenvalue weighted by Gasteiger charge is -2.27. The highest BCUT2D eigenvalue weighted by atomic mass is 16.5. The van der Waals surface area contributed by atoms with Crippen LogP contribution in [0.4, 0.5) is 0 Å². The number of carbonyl (C=O) groups excluding carboxylic acids is 3. The molecule has 0 aliphatic carbocycles. The highest BCUT2D eigenvalue weighted by molar-refractivity contribution is 5.89. The van der Waals surface area contributed by atoms with Gasteiger partial charge in [0.05, 0.1) is 7.11 Å². The number of hydrogen-bond donors (Lipinski definition) is 3. The Balaban J connectivity index is 4.77. The van der Waals surface area contributed by atoms with Crippen molar-refractivity contribution < 1.29 is 38.8 Å². The van der Waals surface area contributed by atoms with Crippen molar-refractivity contribution in [1.82, 2.24) is 4.90 Å². The van der Waals surface area contributed by atoms with Crippen LogP contribution in [0.15, 0.2) is 0 Å². The average Bonchev–Trinajstić information content (AvgIpc) is 3.05. The number of esters is 3. The third kappa shape index (κ3) is 27.2. The van der Waals surface area contributed by atoms with Gasteiger partial charge in [0.15, 0.2) is 0 Å². The predicted octanol–water partition coefficient (Wildman–Crippen LogP) is -1.16. The molecule has 3 unspecified atom stereocenters. The standard InChI is InChI=1S/C37H32N2O8/c1-4-5-6-7-8-9-10-11-12-13-14-15-16-17-18-19-20-21-22-26-36(43)47-31-34(42)29-39(28-33(41)30-46-32(2)40)27-24-23-25-35(38)37(44)45-3/h33-35,41-42H,23-25,27-31,38H2,1-3H3. The van der Waals surface area contributed by atoms with Gasteiger partial charge >= 0.3 is 17.9 Å². The summed E-state index contributed by atoms with van der Waals surface area (Å²) in [5, 5.41) is 20.6. The second kappa shape index (κ2) is 28.6. The van der Waals surface area contributed by atoms with Crippen LogP contribution >= 0.6 is 0 Å². The van der Waals surface area contributed by atoms with E-state index in [2.05, 4.69) is 123 Å². The number of carbonyl (C=O) groups is 3. The van der Waals surface area contributed by atoms with E-state index in [-0.39, 0.29) is 26.3 Å². The molecule has 0 aromatic rings. The molecule has 0 radical (unpaired) electrons. The minimum Gasteiger partial charge on any atom is -0.468 e. The molecule has 0 heterocycles. The summed E-state index contributed by atoms with van der Waals surface area (Å²) in [4.78, 5) is 36.1. The van der Waals surface area contributed by atoms with Crippen LogP contribution in [0, 0.1) is 118 Å². The van der Waals surface area contributed by atoms with Gasteiger partial charge in [0.25, 0.3) is 0 Å². The van der Waals surface area contributed by atoms with Crippen LogP contribution in [-0.4, -0.2) is 91.2 Å². The first-order chi connectivity index (χ1) is 22.7. The topological polar surface area (TPSA) is 149 Å². The van der Waals surface area contributed by atoms with Crippen molar-refractivity contribution in [1.29, 1.82) is 0 Å². The summed E-state index contributed by atoms with van der Waals surface area (Å²) in [6, 6.07) is -0.748. The molecule has 47 heavy (non-hydrogen) atoms. The Bertz CT molecular complexity index is 1730. The fourth-order valence-electron chi connectivity index (χ4n) is 2.99. The van der Waals surface area contributed by atoms with Gasteiger partial charge in [-0.05, 0) is 121 Å². The number of aliphatic hydroxyl groups is 2. The molecule has 0 aliphatic rings. The van der Waals surface area contributed by atoms with E-state index in [9.17, 15) is 24.6 Å². The zero-order chi connectivity index (χ0) is 35.0. The van der Waals surface area contributed by atoms with Gasteiger partial charge in [-0.15, -0.1) is 0 Å². The summed E-state index contributed by atoms with van der Waals surface area (Å²) < 4.78 is 14.4. The van der Waals surface area contributed by atoms with E-state index < -0.39 is 36.2 Å². The van der Waals surface area contributed by atoms with Crippen LogP contribution in [0.5, 0.6) is 0 Å². The number of unbranched alkanes of at least 4 members (excludes halogenated alkanes) is 1. The fourth-order valence-corrected chi connectivity index (χ4v) is 2.99. The molecule has 0 bridgehead atoms. The summed E-state index contributed by atoms with van der Waals surface area (Å²) in [5.41, 5.74) is 5.74. The van der Waals surface area contributed by atoms with Crippen LogP contribution in [0.25, 0.3) is 0 Å². The van der Waals surface area contributed by atoms with E-state index in [0.29, 0.717) is 25.8 Å². The Morgan fingerprint density at radius 3 is 1.53 bits per heavy atom. The van der Waals surface area contributed by atoms with Crippen molar-refractivity contribution >= 4 is 17.9 Å². The van der Waals surface area contributed by atoms with E-state index in [4.69, 9.17) is 15.2 Å². The van der Waals surface area contributed by atoms with E-state index >= 15 is 0 Å². The lowest BCUT2D eigenvalue weighted by atomic mass is 10.1. The first kappa shape index (κ1) is 40.8. The molecule has 238 valence electrons.